The molecule has 28 heavy (non-hydrogen) atoms. The van der Waals surface area contributed by atoms with E-state index in [4.69, 9.17) is 4.74 Å². The highest BCUT2D eigenvalue weighted by atomic mass is 16.5. The standard InChI is InChI=1S/C24H32N2O2/c1-4-25(5-2)18-21-13-10-16-26(21)23-17-20(24(27)28-6-3)14-15-22(23)19-11-8-7-9-12-19/h7-9,11-12,14-15,17,21H,4-6,10,13,16,18H2,1-3H3. The van der Waals surface area contributed by atoms with Crippen LogP contribution in [0.15, 0.2) is 48.5 Å². The van der Waals surface area contributed by atoms with E-state index < -0.39 is 0 Å². The molecule has 0 bridgehead atoms. The summed E-state index contributed by atoms with van der Waals surface area (Å²) in [6.45, 7) is 10.9. The predicted octanol–water partition coefficient (Wildman–Crippen LogP) is 4.84. The van der Waals surface area contributed by atoms with Crippen molar-refractivity contribution in [3.05, 3.63) is 54.1 Å². The first-order chi connectivity index (χ1) is 13.7. The van der Waals surface area contributed by atoms with Crippen molar-refractivity contribution in [3.8, 4) is 11.1 Å². The Morgan fingerprint density at radius 1 is 1.11 bits per heavy atom. The van der Waals surface area contributed by atoms with Gasteiger partial charge in [0.1, 0.15) is 0 Å². The molecule has 3 rings (SSSR count). The Hall–Kier alpha value is -2.33. The maximum absolute atomic E-state index is 12.4. The van der Waals surface area contributed by atoms with Crippen molar-refractivity contribution in [2.45, 2.75) is 39.7 Å². The molecular formula is C24H32N2O2. The van der Waals surface area contributed by atoms with Gasteiger partial charge in [-0.3, -0.25) is 0 Å². The van der Waals surface area contributed by atoms with E-state index in [1.54, 1.807) is 0 Å². The number of hydrogen-bond donors (Lipinski definition) is 0. The largest absolute Gasteiger partial charge is 0.462 e. The summed E-state index contributed by atoms with van der Waals surface area (Å²) in [4.78, 5) is 17.4. The Labute approximate surface area is 169 Å². The summed E-state index contributed by atoms with van der Waals surface area (Å²) in [5.74, 6) is -0.247. The van der Waals surface area contributed by atoms with Crippen LogP contribution in [0.25, 0.3) is 11.1 Å². The Morgan fingerprint density at radius 2 is 1.86 bits per heavy atom. The second kappa shape index (κ2) is 9.74. The first-order valence-electron chi connectivity index (χ1n) is 10.5. The minimum Gasteiger partial charge on any atom is -0.462 e. The molecule has 1 fully saturated rings. The highest BCUT2D eigenvalue weighted by Crippen LogP contribution is 2.36. The van der Waals surface area contributed by atoms with Crippen molar-refractivity contribution in [2.75, 3.05) is 37.7 Å². The Bertz CT molecular complexity index is 771. The number of benzene rings is 2. The summed E-state index contributed by atoms with van der Waals surface area (Å²) in [6.07, 6.45) is 2.37. The van der Waals surface area contributed by atoms with Crippen LogP contribution in [0, 0.1) is 0 Å². The zero-order valence-corrected chi connectivity index (χ0v) is 17.4. The number of hydrogen-bond acceptors (Lipinski definition) is 4. The van der Waals surface area contributed by atoms with Gasteiger partial charge in [0, 0.05) is 30.4 Å². The second-order valence-electron chi connectivity index (χ2n) is 7.29. The van der Waals surface area contributed by atoms with Gasteiger partial charge >= 0.3 is 5.97 Å². The number of esters is 1. The van der Waals surface area contributed by atoms with Gasteiger partial charge in [0.25, 0.3) is 0 Å². The molecule has 0 aliphatic carbocycles. The van der Waals surface area contributed by atoms with E-state index in [9.17, 15) is 4.79 Å². The number of carbonyl (C=O) groups excluding carboxylic acids is 1. The first kappa shape index (κ1) is 20.4. The van der Waals surface area contributed by atoms with Gasteiger partial charge in [-0.05, 0) is 50.6 Å². The normalized spacial score (nSPS) is 16.6. The molecule has 2 aromatic rings. The second-order valence-corrected chi connectivity index (χ2v) is 7.29. The lowest BCUT2D eigenvalue weighted by Crippen LogP contribution is -2.40. The van der Waals surface area contributed by atoms with Crippen LogP contribution in [0.3, 0.4) is 0 Å². The third kappa shape index (κ3) is 4.56. The van der Waals surface area contributed by atoms with Gasteiger partial charge in [0.05, 0.1) is 12.2 Å². The molecule has 1 saturated heterocycles. The van der Waals surface area contributed by atoms with Gasteiger partial charge in [-0.2, -0.15) is 0 Å². The van der Waals surface area contributed by atoms with Gasteiger partial charge < -0.3 is 14.5 Å². The van der Waals surface area contributed by atoms with E-state index in [-0.39, 0.29) is 5.97 Å². The maximum atomic E-state index is 12.4. The highest BCUT2D eigenvalue weighted by Gasteiger charge is 2.28. The molecule has 4 nitrogen and oxygen atoms in total. The van der Waals surface area contributed by atoms with Crippen molar-refractivity contribution in [1.82, 2.24) is 4.90 Å². The summed E-state index contributed by atoms with van der Waals surface area (Å²) < 4.78 is 5.25. The Kier molecular flexibility index (Phi) is 7.10. The molecule has 0 N–H and O–H groups in total. The topological polar surface area (TPSA) is 32.8 Å². The van der Waals surface area contributed by atoms with E-state index in [1.807, 2.05) is 25.1 Å². The molecular weight excluding hydrogens is 348 g/mol. The summed E-state index contributed by atoms with van der Waals surface area (Å²) in [5.41, 5.74) is 4.14. The SMILES string of the molecule is CCOC(=O)c1ccc(-c2ccccc2)c(N2CCCC2CN(CC)CC)c1. The van der Waals surface area contributed by atoms with Crippen molar-refractivity contribution in [1.29, 1.82) is 0 Å². The van der Waals surface area contributed by atoms with E-state index >= 15 is 0 Å². The van der Waals surface area contributed by atoms with E-state index in [1.165, 1.54) is 24.0 Å². The first-order valence-corrected chi connectivity index (χ1v) is 10.5. The molecule has 1 unspecified atom stereocenters. The molecule has 1 aliphatic rings. The van der Waals surface area contributed by atoms with Gasteiger partial charge in [-0.1, -0.05) is 50.2 Å². The molecule has 2 aromatic carbocycles. The smallest absolute Gasteiger partial charge is 0.338 e. The number of anilines is 1. The van der Waals surface area contributed by atoms with Crippen LogP contribution in [0.1, 0.15) is 44.0 Å². The van der Waals surface area contributed by atoms with Crippen molar-refractivity contribution < 1.29 is 9.53 Å². The fourth-order valence-electron chi connectivity index (χ4n) is 4.10. The maximum Gasteiger partial charge on any atom is 0.338 e. The molecule has 0 saturated carbocycles. The third-order valence-electron chi connectivity index (χ3n) is 5.64. The van der Waals surface area contributed by atoms with Crippen LogP contribution in [0.2, 0.25) is 0 Å². The van der Waals surface area contributed by atoms with Crippen molar-refractivity contribution in [2.24, 2.45) is 0 Å². The van der Waals surface area contributed by atoms with Crippen LogP contribution in [-0.4, -0.2) is 49.7 Å². The average molecular weight is 381 g/mol. The Morgan fingerprint density at radius 3 is 2.54 bits per heavy atom. The van der Waals surface area contributed by atoms with E-state index in [0.717, 1.165) is 31.9 Å². The van der Waals surface area contributed by atoms with Crippen LogP contribution in [-0.2, 0) is 4.74 Å². The highest BCUT2D eigenvalue weighted by molar-refractivity contribution is 5.93. The zero-order chi connectivity index (χ0) is 19.9. The van der Waals surface area contributed by atoms with Gasteiger partial charge in [-0.15, -0.1) is 0 Å². The van der Waals surface area contributed by atoms with Gasteiger partial charge in [-0.25, -0.2) is 4.79 Å². The zero-order valence-electron chi connectivity index (χ0n) is 17.4. The fourth-order valence-corrected chi connectivity index (χ4v) is 4.10. The summed E-state index contributed by atoms with van der Waals surface area (Å²) in [6, 6.07) is 16.9. The quantitative estimate of drug-likeness (QED) is 0.614. The summed E-state index contributed by atoms with van der Waals surface area (Å²) in [5, 5.41) is 0. The van der Waals surface area contributed by atoms with Gasteiger partial charge in [0.2, 0.25) is 0 Å². The molecule has 1 aliphatic heterocycles. The number of ether oxygens (including phenoxy) is 1. The number of rotatable bonds is 8. The predicted molar refractivity (Wildman–Crippen MR) is 116 cm³/mol. The fraction of sp³-hybridized carbons (Fsp3) is 0.458. The molecule has 4 heteroatoms. The van der Waals surface area contributed by atoms with Crippen LogP contribution >= 0.6 is 0 Å². The van der Waals surface area contributed by atoms with Gasteiger partial charge in [0.15, 0.2) is 0 Å². The van der Waals surface area contributed by atoms with Crippen LogP contribution < -0.4 is 4.90 Å². The molecule has 150 valence electrons. The third-order valence-corrected chi connectivity index (χ3v) is 5.64. The molecule has 1 atom stereocenters. The van der Waals surface area contributed by atoms with Crippen molar-refractivity contribution in [3.63, 3.8) is 0 Å². The Balaban J connectivity index is 2.00. The minimum absolute atomic E-state index is 0.247. The monoisotopic (exact) mass is 380 g/mol. The van der Waals surface area contributed by atoms with Crippen molar-refractivity contribution >= 4 is 11.7 Å². The number of nitrogens with zero attached hydrogens (tertiary/aromatic N) is 2. The number of likely N-dealkylation sites (N-methyl/N-ethyl adjacent to an activating group) is 1. The molecule has 0 amide bonds. The number of carbonyl (C=O) groups is 1. The van der Waals surface area contributed by atoms with E-state index in [0.29, 0.717) is 18.2 Å². The lowest BCUT2D eigenvalue weighted by molar-refractivity contribution is 0.0526. The molecule has 0 radical (unpaired) electrons. The minimum atomic E-state index is -0.247. The van der Waals surface area contributed by atoms with Crippen LogP contribution in [0.4, 0.5) is 5.69 Å². The lowest BCUT2D eigenvalue weighted by atomic mass is 10.00. The molecule has 0 aromatic heterocycles. The summed E-state index contributed by atoms with van der Waals surface area (Å²) in [7, 11) is 0. The van der Waals surface area contributed by atoms with E-state index in [2.05, 4.69) is 54.0 Å². The summed E-state index contributed by atoms with van der Waals surface area (Å²) >= 11 is 0. The van der Waals surface area contributed by atoms with Crippen LogP contribution in [0.5, 0.6) is 0 Å². The average Bonchev–Trinajstić information content (AvgIpc) is 3.20. The molecule has 0 spiro atoms. The lowest BCUT2D eigenvalue weighted by Gasteiger charge is -2.33. The molecule has 1 heterocycles.